The Bertz CT molecular complexity index is 1050. The molecule has 0 heterocycles. The number of phenolic OH excluding ortho intramolecular Hbond substituents is 2. The number of rotatable bonds is 5. The summed E-state index contributed by atoms with van der Waals surface area (Å²) < 4.78 is 9.81. The van der Waals surface area contributed by atoms with E-state index in [1.807, 2.05) is 0 Å². The van der Waals surface area contributed by atoms with Crippen LogP contribution in [0.4, 0.5) is 0 Å². The van der Waals surface area contributed by atoms with Crippen molar-refractivity contribution in [2.24, 2.45) is 0 Å². The van der Waals surface area contributed by atoms with Crippen LogP contribution in [0.1, 0.15) is 57.2 Å². The van der Waals surface area contributed by atoms with E-state index in [0.717, 1.165) is 6.07 Å². The van der Waals surface area contributed by atoms with Gasteiger partial charge in [-0.15, -0.1) is 0 Å². The van der Waals surface area contributed by atoms with Gasteiger partial charge in [0.05, 0.1) is 30.6 Å². The summed E-state index contributed by atoms with van der Waals surface area (Å²) in [5, 5.41) is 20.4. The molecule has 0 saturated heterocycles. The number of esters is 2. The highest BCUT2D eigenvalue weighted by Gasteiger charge is 2.35. The van der Waals surface area contributed by atoms with Crippen molar-refractivity contribution in [1.29, 1.82) is 0 Å². The summed E-state index contributed by atoms with van der Waals surface area (Å²) in [4.78, 5) is 48.9. The van der Waals surface area contributed by atoms with Gasteiger partial charge in [-0.05, 0) is 37.6 Å². The Kier molecular flexibility index (Phi) is 5.36. The quantitative estimate of drug-likeness (QED) is 0.495. The molecule has 0 fully saturated rings. The van der Waals surface area contributed by atoms with Gasteiger partial charge in [-0.25, -0.2) is 0 Å². The van der Waals surface area contributed by atoms with E-state index in [1.54, 1.807) is 13.8 Å². The van der Waals surface area contributed by atoms with E-state index >= 15 is 0 Å². The lowest BCUT2D eigenvalue weighted by atomic mass is 9.82. The number of benzene rings is 2. The molecule has 2 aromatic rings. The van der Waals surface area contributed by atoms with Crippen molar-refractivity contribution in [3.63, 3.8) is 0 Å². The molecule has 8 heteroatoms. The van der Waals surface area contributed by atoms with Crippen molar-refractivity contribution < 1.29 is 38.9 Å². The number of carbonyl (C=O) groups excluding carboxylic acids is 4. The molecule has 1 aliphatic carbocycles. The molecule has 0 amide bonds. The molecule has 0 saturated carbocycles. The predicted octanol–water partition coefficient (Wildman–Crippen LogP) is 2.43. The SMILES string of the molecule is CCOC(=O)CCC(=O)Oc1cc(O)c2c(c1)C(=O)c1cc(C)cc(O)c1C2=O. The van der Waals surface area contributed by atoms with E-state index < -0.39 is 29.3 Å². The molecular weight excluding hydrogens is 380 g/mol. The zero-order valence-electron chi connectivity index (χ0n) is 15.8. The fourth-order valence-electron chi connectivity index (χ4n) is 3.15. The molecule has 2 aromatic carbocycles. The lowest BCUT2D eigenvalue weighted by molar-refractivity contribution is -0.146. The number of hydrogen-bond acceptors (Lipinski definition) is 8. The molecule has 0 unspecified atom stereocenters. The lowest BCUT2D eigenvalue weighted by Gasteiger charge is -2.20. The molecule has 29 heavy (non-hydrogen) atoms. The van der Waals surface area contributed by atoms with Gasteiger partial charge in [-0.1, -0.05) is 0 Å². The number of phenols is 2. The van der Waals surface area contributed by atoms with E-state index in [0.29, 0.717) is 5.56 Å². The van der Waals surface area contributed by atoms with Gasteiger partial charge in [-0.3, -0.25) is 19.2 Å². The number of ketones is 2. The third-order valence-corrected chi connectivity index (χ3v) is 4.37. The normalized spacial score (nSPS) is 12.2. The minimum atomic E-state index is -0.763. The molecular formula is C21H18O8. The highest BCUT2D eigenvalue weighted by atomic mass is 16.5. The standard InChI is InChI=1S/C21H18O8/c1-3-28-16(24)4-5-17(25)29-11-8-13-19(15(23)9-11)21(27)18-12(20(13)26)6-10(2)7-14(18)22/h6-9,22-23H,3-5H2,1-2H3. The molecule has 2 N–H and O–H groups in total. The zero-order chi connectivity index (χ0) is 21.3. The van der Waals surface area contributed by atoms with E-state index in [2.05, 4.69) is 0 Å². The highest BCUT2D eigenvalue weighted by Crippen LogP contribution is 2.39. The lowest BCUT2D eigenvalue weighted by Crippen LogP contribution is -2.22. The van der Waals surface area contributed by atoms with E-state index in [-0.39, 0.29) is 53.2 Å². The maximum absolute atomic E-state index is 12.9. The van der Waals surface area contributed by atoms with Crippen molar-refractivity contribution in [2.75, 3.05) is 6.61 Å². The second-order valence-corrected chi connectivity index (χ2v) is 6.51. The summed E-state index contributed by atoms with van der Waals surface area (Å²) in [7, 11) is 0. The Morgan fingerprint density at radius 1 is 0.862 bits per heavy atom. The zero-order valence-corrected chi connectivity index (χ0v) is 15.8. The van der Waals surface area contributed by atoms with Crippen LogP contribution in [-0.2, 0) is 14.3 Å². The number of hydrogen-bond donors (Lipinski definition) is 2. The molecule has 1 aliphatic rings. The van der Waals surface area contributed by atoms with Crippen molar-refractivity contribution >= 4 is 23.5 Å². The largest absolute Gasteiger partial charge is 0.507 e. The Morgan fingerprint density at radius 3 is 2.10 bits per heavy atom. The van der Waals surface area contributed by atoms with E-state index in [1.165, 1.54) is 18.2 Å². The number of carbonyl (C=O) groups is 4. The Labute approximate surface area is 165 Å². The smallest absolute Gasteiger partial charge is 0.311 e. The maximum atomic E-state index is 12.9. The van der Waals surface area contributed by atoms with Crippen molar-refractivity contribution in [3.05, 3.63) is 52.1 Å². The summed E-state index contributed by atoms with van der Waals surface area (Å²) in [6, 6.07) is 5.03. The molecule has 3 rings (SSSR count). The van der Waals surface area contributed by atoms with Crippen LogP contribution in [-0.4, -0.2) is 40.3 Å². The fraction of sp³-hybridized carbons (Fsp3) is 0.238. The number of ether oxygens (including phenoxy) is 2. The van der Waals surface area contributed by atoms with Gasteiger partial charge >= 0.3 is 11.9 Å². The summed E-state index contributed by atoms with van der Waals surface area (Å²) >= 11 is 0. The van der Waals surface area contributed by atoms with Gasteiger partial charge in [0, 0.05) is 17.2 Å². The first-order chi connectivity index (χ1) is 13.7. The van der Waals surface area contributed by atoms with Gasteiger partial charge in [0.2, 0.25) is 5.78 Å². The van der Waals surface area contributed by atoms with Crippen molar-refractivity contribution in [1.82, 2.24) is 0 Å². The van der Waals surface area contributed by atoms with Crippen molar-refractivity contribution in [3.8, 4) is 17.2 Å². The van der Waals surface area contributed by atoms with Crippen LogP contribution in [0.2, 0.25) is 0 Å². The predicted molar refractivity (Wildman–Crippen MR) is 99.3 cm³/mol. The van der Waals surface area contributed by atoms with Gasteiger partial charge in [0.1, 0.15) is 17.2 Å². The summed E-state index contributed by atoms with van der Waals surface area (Å²) in [5.41, 5.74) is -0.00180. The Balaban J connectivity index is 1.90. The van der Waals surface area contributed by atoms with Crippen LogP contribution >= 0.6 is 0 Å². The third-order valence-electron chi connectivity index (χ3n) is 4.37. The molecule has 150 valence electrons. The summed E-state index contributed by atoms with van der Waals surface area (Å²) in [6.07, 6.45) is -0.424. The van der Waals surface area contributed by atoms with Crippen LogP contribution in [0.25, 0.3) is 0 Å². The minimum Gasteiger partial charge on any atom is -0.507 e. The average Bonchev–Trinajstić information content (AvgIpc) is 2.63. The number of aromatic hydroxyl groups is 2. The molecule has 0 aliphatic heterocycles. The van der Waals surface area contributed by atoms with Crippen molar-refractivity contribution in [2.45, 2.75) is 26.7 Å². The van der Waals surface area contributed by atoms with E-state index in [4.69, 9.17) is 9.47 Å². The van der Waals surface area contributed by atoms with Gasteiger partial charge < -0.3 is 19.7 Å². The van der Waals surface area contributed by atoms with E-state index in [9.17, 15) is 29.4 Å². The molecule has 0 spiro atoms. The van der Waals surface area contributed by atoms with Crippen LogP contribution in [0.3, 0.4) is 0 Å². The van der Waals surface area contributed by atoms with Gasteiger partial charge in [0.25, 0.3) is 0 Å². The molecule has 0 atom stereocenters. The van der Waals surface area contributed by atoms with Crippen LogP contribution in [0, 0.1) is 6.92 Å². The first kappa shape index (κ1) is 20.1. The average molecular weight is 398 g/mol. The van der Waals surface area contributed by atoms with Crippen LogP contribution in [0.5, 0.6) is 17.2 Å². The maximum Gasteiger partial charge on any atom is 0.311 e. The summed E-state index contributed by atoms with van der Waals surface area (Å²) in [6.45, 7) is 3.50. The second kappa shape index (κ2) is 7.75. The fourth-order valence-corrected chi connectivity index (χ4v) is 3.15. The second-order valence-electron chi connectivity index (χ2n) is 6.51. The molecule has 0 aromatic heterocycles. The first-order valence-corrected chi connectivity index (χ1v) is 8.89. The monoisotopic (exact) mass is 398 g/mol. The first-order valence-electron chi connectivity index (χ1n) is 8.89. The van der Waals surface area contributed by atoms with Gasteiger partial charge in [-0.2, -0.15) is 0 Å². The Hall–Kier alpha value is -3.68. The van der Waals surface area contributed by atoms with Crippen LogP contribution in [0.15, 0.2) is 24.3 Å². The third kappa shape index (κ3) is 3.82. The number of aryl methyl sites for hydroxylation is 1. The Morgan fingerprint density at radius 2 is 1.45 bits per heavy atom. The summed E-state index contributed by atoms with van der Waals surface area (Å²) in [5.74, 6) is -3.65. The topological polar surface area (TPSA) is 127 Å². The molecule has 8 nitrogen and oxygen atoms in total. The van der Waals surface area contributed by atoms with Crippen LogP contribution < -0.4 is 4.74 Å². The highest BCUT2D eigenvalue weighted by molar-refractivity contribution is 6.30. The molecule has 0 bridgehead atoms. The number of fused-ring (bicyclic) bond motifs is 2. The minimum absolute atomic E-state index is 0.00480. The van der Waals surface area contributed by atoms with Gasteiger partial charge in [0.15, 0.2) is 5.78 Å². The molecule has 0 radical (unpaired) electrons.